The molecule has 1 heterocycles. The largest absolute Gasteiger partial charge is 0.486 e. The summed E-state index contributed by atoms with van der Waals surface area (Å²) in [4.78, 5) is 0.298. The average Bonchev–Trinajstić information content (AvgIpc) is 3.00. The van der Waals surface area contributed by atoms with Gasteiger partial charge >= 0.3 is 0 Å². The number of benzene rings is 2. The number of rotatable bonds is 2. The van der Waals surface area contributed by atoms with Crippen molar-refractivity contribution in [2.24, 2.45) is 0 Å². The summed E-state index contributed by atoms with van der Waals surface area (Å²) in [5.41, 5.74) is 1.56. The minimum absolute atomic E-state index is 0.0982. The van der Waals surface area contributed by atoms with Gasteiger partial charge in [0.1, 0.15) is 11.9 Å². The van der Waals surface area contributed by atoms with Crippen molar-refractivity contribution in [3.8, 4) is 5.75 Å². The van der Waals surface area contributed by atoms with E-state index in [-0.39, 0.29) is 12.1 Å². The van der Waals surface area contributed by atoms with Crippen molar-refractivity contribution in [3.05, 3.63) is 53.1 Å². The number of hydrogen-bond donors (Lipinski definition) is 0. The lowest BCUT2D eigenvalue weighted by Crippen LogP contribution is -2.49. The monoisotopic (exact) mass is 363 g/mol. The van der Waals surface area contributed by atoms with Crippen molar-refractivity contribution in [3.63, 3.8) is 0 Å². The number of hydrogen-bond acceptors (Lipinski definition) is 3. The zero-order valence-corrected chi connectivity index (χ0v) is 14.8. The van der Waals surface area contributed by atoms with Gasteiger partial charge in [-0.2, -0.15) is 0 Å². The second kappa shape index (κ2) is 5.67. The van der Waals surface area contributed by atoms with E-state index < -0.39 is 10.0 Å². The van der Waals surface area contributed by atoms with Crippen molar-refractivity contribution in [2.45, 2.75) is 43.2 Å². The van der Waals surface area contributed by atoms with Crippen molar-refractivity contribution >= 4 is 27.3 Å². The van der Waals surface area contributed by atoms with Gasteiger partial charge in [0, 0.05) is 5.02 Å². The van der Waals surface area contributed by atoms with E-state index >= 15 is 0 Å². The zero-order chi connectivity index (χ0) is 16.9. The topological polar surface area (TPSA) is 46.6 Å². The van der Waals surface area contributed by atoms with Gasteiger partial charge in [-0.1, -0.05) is 29.3 Å². The predicted molar refractivity (Wildman–Crippen MR) is 94.4 cm³/mol. The van der Waals surface area contributed by atoms with Crippen LogP contribution in [0.4, 0.5) is 5.69 Å². The normalized spacial score (nSPS) is 22.7. The van der Waals surface area contributed by atoms with Crippen LogP contribution in [-0.4, -0.2) is 20.6 Å². The van der Waals surface area contributed by atoms with Crippen LogP contribution >= 0.6 is 11.6 Å². The molecule has 4 nitrogen and oxygen atoms in total. The van der Waals surface area contributed by atoms with E-state index in [4.69, 9.17) is 16.3 Å². The number of sulfonamides is 1. The molecule has 6 heteroatoms. The Bertz CT molecular complexity index is 880. The molecule has 126 valence electrons. The Kier molecular flexibility index (Phi) is 3.73. The second-order valence-electron chi connectivity index (χ2n) is 6.38. The van der Waals surface area contributed by atoms with E-state index in [1.807, 2.05) is 19.1 Å². The van der Waals surface area contributed by atoms with Crippen LogP contribution in [0, 0.1) is 6.92 Å². The fourth-order valence-electron chi connectivity index (χ4n) is 3.55. The molecule has 2 aromatic carbocycles. The summed E-state index contributed by atoms with van der Waals surface area (Å²) in [7, 11) is -3.67. The summed E-state index contributed by atoms with van der Waals surface area (Å²) in [6.07, 6.45) is 2.52. The van der Waals surface area contributed by atoms with E-state index in [2.05, 4.69) is 0 Å². The highest BCUT2D eigenvalue weighted by Crippen LogP contribution is 2.45. The first-order valence-electron chi connectivity index (χ1n) is 8.04. The van der Waals surface area contributed by atoms with E-state index in [9.17, 15) is 8.42 Å². The van der Waals surface area contributed by atoms with Gasteiger partial charge in [-0.05, 0) is 56.5 Å². The van der Waals surface area contributed by atoms with Gasteiger partial charge in [0.05, 0.1) is 16.6 Å². The van der Waals surface area contributed by atoms with E-state index in [0.717, 1.165) is 24.8 Å². The number of ether oxygens (including phenoxy) is 1. The molecular formula is C18H18ClNO3S. The lowest BCUT2D eigenvalue weighted by molar-refractivity contribution is 0.180. The predicted octanol–water partition coefficient (Wildman–Crippen LogP) is 4.16. The summed E-state index contributed by atoms with van der Waals surface area (Å²) in [5.74, 6) is 0.582. The molecule has 1 saturated carbocycles. The first-order valence-corrected chi connectivity index (χ1v) is 9.86. The van der Waals surface area contributed by atoms with Gasteiger partial charge in [0.25, 0.3) is 10.0 Å². The van der Waals surface area contributed by atoms with E-state index in [0.29, 0.717) is 21.4 Å². The average molecular weight is 364 g/mol. The highest BCUT2D eigenvalue weighted by molar-refractivity contribution is 7.92. The maximum Gasteiger partial charge on any atom is 0.264 e. The Morgan fingerprint density at radius 2 is 1.88 bits per heavy atom. The van der Waals surface area contributed by atoms with Crippen molar-refractivity contribution in [2.75, 3.05) is 4.31 Å². The molecule has 0 bridgehead atoms. The summed E-state index contributed by atoms with van der Waals surface area (Å²) in [6.45, 7) is 1.94. The molecule has 0 unspecified atom stereocenters. The molecule has 1 fully saturated rings. The fourth-order valence-corrected chi connectivity index (χ4v) is 5.42. The van der Waals surface area contributed by atoms with Crippen LogP contribution in [0.1, 0.15) is 24.8 Å². The molecule has 0 N–H and O–H groups in total. The molecule has 2 aromatic rings. The minimum Gasteiger partial charge on any atom is -0.486 e. The molecule has 2 atom stereocenters. The molecule has 24 heavy (non-hydrogen) atoms. The molecule has 4 rings (SSSR count). The molecule has 0 saturated heterocycles. The van der Waals surface area contributed by atoms with Gasteiger partial charge in [-0.25, -0.2) is 8.42 Å². The second-order valence-corrected chi connectivity index (χ2v) is 8.63. The maximum absolute atomic E-state index is 13.3. The van der Waals surface area contributed by atoms with Crippen LogP contribution < -0.4 is 9.04 Å². The third-order valence-corrected chi connectivity index (χ3v) is 6.82. The van der Waals surface area contributed by atoms with Gasteiger partial charge in [-0.15, -0.1) is 0 Å². The van der Waals surface area contributed by atoms with Crippen molar-refractivity contribution in [1.29, 1.82) is 0 Å². The van der Waals surface area contributed by atoms with Crippen molar-refractivity contribution < 1.29 is 13.2 Å². The molecule has 0 amide bonds. The van der Waals surface area contributed by atoms with Gasteiger partial charge in [-0.3, -0.25) is 4.31 Å². The van der Waals surface area contributed by atoms with Crippen LogP contribution in [-0.2, 0) is 10.0 Å². The Morgan fingerprint density at radius 3 is 2.62 bits per heavy atom. The van der Waals surface area contributed by atoms with Crippen LogP contribution in [0.5, 0.6) is 5.75 Å². The standard InChI is InChI=1S/C18H18ClNO3S/c1-12-5-8-14(9-6-12)24(21,22)20-15-3-2-4-17(15)23-18-10-7-13(19)11-16(18)20/h5-11,15,17H,2-4H2,1H3/t15-,17-/m1/s1. The third kappa shape index (κ3) is 2.47. The van der Waals surface area contributed by atoms with Crippen LogP contribution in [0.25, 0.3) is 0 Å². The van der Waals surface area contributed by atoms with Gasteiger partial charge in [0.2, 0.25) is 0 Å². The first-order chi connectivity index (χ1) is 11.5. The maximum atomic E-state index is 13.3. The molecule has 1 aliphatic carbocycles. The minimum atomic E-state index is -3.67. The summed E-state index contributed by atoms with van der Waals surface area (Å²) in [6, 6.07) is 11.9. The lowest BCUT2D eigenvalue weighted by Gasteiger charge is -2.39. The van der Waals surface area contributed by atoms with Crippen molar-refractivity contribution in [1.82, 2.24) is 0 Å². The Morgan fingerprint density at radius 1 is 1.12 bits per heavy atom. The lowest BCUT2D eigenvalue weighted by atomic mass is 10.1. The molecule has 2 aliphatic rings. The van der Waals surface area contributed by atoms with E-state index in [1.54, 1.807) is 30.3 Å². The Labute approximate surface area is 147 Å². The molecule has 1 aliphatic heterocycles. The molecule has 0 aromatic heterocycles. The highest BCUT2D eigenvalue weighted by Gasteiger charge is 2.45. The van der Waals surface area contributed by atoms with Crippen LogP contribution in [0.2, 0.25) is 5.02 Å². The van der Waals surface area contributed by atoms with Crippen LogP contribution in [0.15, 0.2) is 47.4 Å². The third-order valence-electron chi connectivity index (χ3n) is 4.73. The highest BCUT2D eigenvalue weighted by atomic mass is 35.5. The van der Waals surface area contributed by atoms with Crippen LogP contribution in [0.3, 0.4) is 0 Å². The molecular weight excluding hydrogens is 346 g/mol. The number of fused-ring (bicyclic) bond motifs is 2. The smallest absolute Gasteiger partial charge is 0.264 e. The number of anilines is 1. The summed E-state index contributed by atoms with van der Waals surface area (Å²) < 4.78 is 34.2. The number of aryl methyl sites for hydroxylation is 1. The SMILES string of the molecule is Cc1ccc(S(=O)(=O)N2c3cc(Cl)ccc3O[C@@H]3CCC[C@H]32)cc1. The van der Waals surface area contributed by atoms with E-state index in [1.165, 1.54) is 4.31 Å². The Balaban J connectivity index is 1.88. The quantitative estimate of drug-likeness (QED) is 0.805. The number of halogens is 1. The zero-order valence-electron chi connectivity index (χ0n) is 13.3. The number of nitrogens with zero attached hydrogens (tertiary/aromatic N) is 1. The summed E-state index contributed by atoms with van der Waals surface area (Å²) in [5, 5.41) is 0.498. The van der Waals surface area contributed by atoms with Gasteiger partial charge in [0.15, 0.2) is 0 Å². The summed E-state index contributed by atoms with van der Waals surface area (Å²) >= 11 is 6.12. The van der Waals surface area contributed by atoms with Gasteiger partial charge < -0.3 is 4.74 Å². The fraction of sp³-hybridized carbons (Fsp3) is 0.333. The molecule has 0 radical (unpaired) electrons. The Hall–Kier alpha value is -1.72. The molecule has 0 spiro atoms. The first kappa shape index (κ1) is 15.8.